The summed E-state index contributed by atoms with van der Waals surface area (Å²) in [5.74, 6) is -0.550. The molecule has 8 heteroatoms. The lowest BCUT2D eigenvalue weighted by molar-refractivity contribution is -0.137. The lowest BCUT2D eigenvalue weighted by atomic mass is 9.94. The van der Waals surface area contributed by atoms with Crippen molar-refractivity contribution in [2.24, 2.45) is 0 Å². The molecule has 2 heterocycles. The lowest BCUT2D eigenvalue weighted by Crippen LogP contribution is -2.30. The van der Waals surface area contributed by atoms with Gasteiger partial charge >= 0.3 is 6.18 Å². The van der Waals surface area contributed by atoms with Crippen LogP contribution in [0.2, 0.25) is 0 Å². The van der Waals surface area contributed by atoms with Gasteiger partial charge in [-0.2, -0.15) is 13.2 Å². The molecule has 1 aliphatic carbocycles. The zero-order valence-corrected chi connectivity index (χ0v) is 12.4. The smallest absolute Gasteiger partial charge is 0.344 e. The molecular weight excluding hydrogens is 321 g/mol. The Balaban J connectivity index is 1.75. The number of aryl methyl sites for hydroxylation is 1. The third-order valence-corrected chi connectivity index (χ3v) is 5.22. The van der Waals surface area contributed by atoms with Crippen LogP contribution in [-0.4, -0.2) is 10.9 Å². The molecule has 1 amide bonds. The number of hydrogen-bond donors (Lipinski definition) is 1. The average molecular weight is 332 g/mol. The predicted molar refractivity (Wildman–Crippen MR) is 74.6 cm³/mol. The van der Waals surface area contributed by atoms with Gasteiger partial charge in [-0.1, -0.05) is 0 Å². The van der Waals surface area contributed by atoms with E-state index in [4.69, 9.17) is 0 Å². The molecule has 0 bridgehead atoms. The third kappa shape index (κ3) is 2.96. The number of alkyl halides is 3. The van der Waals surface area contributed by atoms with Crippen molar-refractivity contribution in [1.82, 2.24) is 10.3 Å². The molecule has 0 saturated carbocycles. The zero-order chi connectivity index (χ0) is 15.0. The van der Waals surface area contributed by atoms with Gasteiger partial charge in [-0.15, -0.1) is 22.7 Å². The van der Waals surface area contributed by atoms with Crippen LogP contribution in [-0.2, 0) is 12.6 Å². The highest BCUT2D eigenvalue weighted by atomic mass is 32.1. The average Bonchev–Trinajstić information content (AvgIpc) is 3.07. The quantitative estimate of drug-likeness (QED) is 0.902. The standard InChI is InChI=1S/C13H11F3N2OS2/c14-13(15,16)12-18-9(6-21-12)11(19)17-8-2-1-3-10-7(8)4-5-20-10/h4-6,8H,1-3H2,(H,17,19). The van der Waals surface area contributed by atoms with E-state index in [9.17, 15) is 18.0 Å². The van der Waals surface area contributed by atoms with Gasteiger partial charge in [0.05, 0.1) is 6.04 Å². The summed E-state index contributed by atoms with van der Waals surface area (Å²) in [7, 11) is 0. The van der Waals surface area contributed by atoms with Gasteiger partial charge in [0.15, 0.2) is 5.01 Å². The lowest BCUT2D eigenvalue weighted by Gasteiger charge is -2.23. The zero-order valence-electron chi connectivity index (χ0n) is 10.7. The molecular formula is C13H11F3N2OS2. The van der Waals surface area contributed by atoms with E-state index in [1.54, 1.807) is 11.3 Å². The Kier molecular flexibility index (Phi) is 3.75. The summed E-state index contributed by atoms with van der Waals surface area (Å²) in [6, 6.07) is 1.83. The highest BCUT2D eigenvalue weighted by Crippen LogP contribution is 2.34. The van der Waals surface area contributed by atoms with Crippen LogP contribution in [0.15, 0.2) is 16.8 Å². The van der Waals surface area contributed by atoms with Crippen molar-refractivity contribution in [3.8, 4) is 0 Å². The minimum absolute atomic E-state index is 0.136. The molecule has 3 rings (SSSR count). The predicted octanol–water partition coefficient (Wildman–Crippen LogP) is 4.03. The van der Waals surface area contributed by atoms with E-state index < -0.39 is 17.1 Å². The molecule has 1 N–H and O–H groups in total. The van der Waals surface area contributed by atoms with Crippen LogP contribution in [0.1, 0.15) is 44.8 Å². The number of amides is 1. The number of thiazole rings is 1. The Morgan fingerprint density at radius 3 is 2.90 bits per heavy atom. The van der Waals surface area contributed by atoms with Crippen LogP contribution in [0.3, 0.4) is 0 Å². The Labute approximate surface area is 126 Å². The molecule has 0 saturated heterocycles. The first kappa shape index (κ1) is 14.5. The van der Waals surface area contributed by atoms with E-state index in [1.807, 2.05) is 11.4 Å². The number of halogens is 3. The van der Waals surface area contributed by atoms with E-state index in [1.165, 1.54) is 4.88 Å². The van der Waals surface area contributed by atoms with Crippen molar-refractivity contribution >= 4 is 28.6 Å². The van der Waals surface area contributed by atoms with Gasteiger partial charge in [0.25, 0.3) is 5.91 Å². The minimum Gasteiger partial charge on any atom is -0.344 e. The molecule has 0 fully saturated rings. The molecule has 1 atom stereocenters. The number of nitrogens with one attached hydrogen (secondary N) is 1. The van der Waals surface area contributed by atoms with Crippen molar-refractivity contribution < 1.29 is 18.0 Å². The number of carbonyl (C=O) groups excluding carboxylic acids is 1. The summed E-state index contributed by atoms with van der Waals surface area (Å²) in [6.45, 7) is 0. The Morgan fingerprint density at radius 1 is 1.38 bits per heavy atom. The monoisotopic (exact) mass is 332 g/mol. The van der Waals surface area contributed by atoms with E-state index in [-0.39, 0.29) is 11.7 Å². The highest BCUT2D eigenvalue weighted by Gasteiger charge is 2.35. The van der Waals surface area contributed by atoms with Crippen molar-refractivity contribution in [3.05, 3.63) is 38.0 Å². The fourth-order valence-electron chi connectivity index (χ4n) is 2.38. The number of aromatic nitrogens is 1. The summed E-state index contributed by atoms with van der Waals surface area (Å²) in [5.41, 5.74) is 0.903. The molecule has 2 aromatic rings. The Bertz CT molecular complexity index is 662. The van der Waals surface area contributed by atoms with Crippen molar-refractivity contribution in [2.75, 3.05) is 0 Å². The van der Waals surface area contributed by atoms with Crippen molar-refractivity contribution in [1.29, 1.82) is 0 Å². The van der Waals surface area contributed by atoms with E-state index in [0.29, 0.717) is 11.3 Å². The van der Waals surface area contributed by atoms with Crippen LogP contribution in [0.4, 0.5) is 13.2 Å². The van der Waals surface area contributed by atoms with Crippen LogP contribution in [0, 0.1) is 0 Å². The van der Waals surface area contributed by atoms with Gasteiger partial charge in [0.1, 0.15) is 5.69 Å². The first-order valence-corrected chi connectivity index (χ1v) is 8.11. The van der Waals surface area contributed by atoms with Crippen LogP contribution < -0.4 is 5.32 Å². The highest BCUT2D eigenvalue weighted by molar-refractivity contribution is 7.10. The van der Waals surface area contributed by atoms with Crippen LogP contribution in [0.25, 0.3) is 0 Å². The largest absolute Gasteiger partial charge is 0.443 e. The van der Waals surface area contributed by atoms with Crippen molar-refractivity contribution in [2.45, 2.75) is 31.5 Å². The summed E-state index contributed by atoms with van der Waals surface area (Å²) < 4.78 is 37.5. The Hall–Kier alpha value is -1.41. The molecule has 0 aromatic carbocycles. The maximum absolute atomic E-state index is 12.5. The summed E-state index contributed by atoms with van der Waals surface area (Å²) in [5, 5.41) is 4.91. The molecule has 0 spiro atoms. The second-order valence-corrected chi connectivity index (χ2v) is 6.61. The number of rotatable bonds is 2. The molecule has 3 nitrogen and oxygen atoms in total. The summed E-state index contributed by atoms with van der Waals surface area (Å²) >= 11 is 2.09. The van der Waals surface area contributed by atoms with E-state index in [0.717, 1.165) is 30.2 Å². The fraction of sp³-hybridized carbons (Fsp3) is 0.385. The summed E-state index contributed by atoms with van der Waals surface area (Å²) in [4.78, 5) is 16.7. The topological polar surface area (TPSA) is 42.0 Å². The van der Waals surface area contributed by atoms with E-state index >= 15 is 0 Å². The molecule has 112 valence electrons. The molecule has 2 aromatic heterocycles. The van der Waals surface area contributed by atoms with Gasteiger partial charge in [-0.25, -0.2) is 4.98 Å². The second-order valence-electron chi connectivity index (χ2n) is 4.75. The van der Waals surface area contributed by atoms with Gasteiger partial charge in [-0.3, -0.25) is 4.79 Å². The molecule has 0 aliphatic heterocycles. The minimum atomic E-state index is -4.51. The molecule has 1 aliphatic rings. The van der Waals surface area contributed by atoms with Crippen LogP contribution >= 0.6 is 22.7 Å². The molecule has 0 radical (unpaired) electrons. The van der Waals surface area contributed by atoms with Gasteiger partial charge in [-0.05, 0) is 36.3 Å². The first-order chi connectivity index (χ1) is 9.95. The number of fused-ring (bicyclic) bond motifs is 1. The number of thiophene rings is 1. The fourth-order valence-corrected chi connectivity index (χ4v) is 4.03. The van der Waals surface area contributed by atoms with Crippen molar-refractivity contribution in [3.63, 3.8) is 0 Å². The maximum atomic E-state index is 12.5. The number of carbonyl (C=O) groups is 1. The summed E-state index contributed by atoms with van der Waals surface area (Å²) in [6.07, 6.45) is -1.75. The third-order valence-electron chi connectivity index (χ3n) is 3.34. The van der Waals surface area contributed by atoms with Gasteiger partial charge in [0.2, 0.25) is 0 Å². The first-order valence-electron chi connectivity index (χ1n) is 6.35. The van der Waals surface area contributed by atoms with Gasteiger partial charge < -0.3 is 5.32 Å². The Morgan fingerprint density at radius 2 is 2.19 bits per heavy atom. The number of nitrogens with zero attached hydrogens (tertiary/aromatic N) is 1. The number of hydrogen-bond acceptors (Lipinski definition) is 4. The van der Waals surface area contributed by atoms with Crippen LogP contribution in [0.5, 0.6) is 0 Å². The normalized spacial score (nSPS) is 18.3. The second kappa shape index (κ2) is 5.42. The van der Waals surface area contributed by atoms with E-state index in [2.05, 4.69) is 10.3 Å². The molecule has 21 heavy (non-hydrogen) atoms. The van der Waals surface area contributed by atoms with Gasteiger partial charge in [0, 0.05) is 10.3 Å². The maximum Gasteiger partial charge on any atom is 0.443 e. The molecule has 1 unspecified atom stereocenters. The SMILES string of the molecule is O=C(NC1CCCc2sccc21)c1csc(C(F)(F)F)n1.